The number of amides is 2. The Morgan fingerprint density at radius 2 is 2.05 bits per heavy atom. The van der Waals surface area contributed by atoms with E-state index in [1.165, 1.54) is 6.07 Å². The minimum atomic E-state index is -0.321. The average molecular weight is 304 g/mol. The van der Waals surface area contributed by atoms with Crippen molar-refractivity contribution in [2.75, 3.05) is 13.1 Å². The van der Waals surface area contributed by atoms with Crippen LogP contribution in [0.1, 0.15) is 49.7 Å². The molecular formula is C17H21FN2O2. The Morgan fingerprint density at radius 1 is 1.36 bits per heavy atom. The fraction of sp³-hybridized carbons (Fsp3) is 0.529. The van der Waals surface area contributed by atoms with Gasteiger partial charge in [-0.1, -0.05) is 6.07 Å². The van der Waals surface area contributed by atoms with Crippen LogP contribution >= 0.6 is 0 Å². The van der Waals surface area contributed by atoms with Gasteiger partial charge in [0.2, 0.25) is 11.8 Å². The van der Waals surface area contributed by atoms with Crippen molar-refractivity contribution in [1.82, 2.24) is 4.90 Å². The van der Waals surface area contributed by atoms with Gasteiger partial charge in [0.1, 0.15) is 5.82 Å². The molecule has 1 spiro atoms. The van der Waals surface area contributed by atoms with Gasteiger partial charge in [-0.2, -0.15) is 0 Å². The molecule has 1 atom stereocenters. The Balaban J connectivity index is 1.92. The van der Waals surface area contributed by atoms with E-state index in [0.29, 0.717) is 19.5 Å². The Bertz CT molecular complexity index is 621. The normalized spacial score (nSPS) is 22.6. The van der Waals surface area contributed by atoms with Crippen LogP contribution in [0.25, 0.3) is 0 Å². The molecule has 1 heterocycles. The zero-order valence-corrected chi connectivity index (χ0v) is 12.8. The molecule has 2 N–H and O–H groups in total. The lowest BCUT2D eigenvalue weighted by molar-refractivity contribution is -0.130. The molecule has 1 fully saturated rings. The molecule has 2 amide bonds. The molecule has 0 aromatic heterocycles. The fourth-order valence-electron chi connectivity index (χ4n) is 4.18. The summed E-state index contributed by atoms with van der Waals surface area (Å²) in [6, 6.07) is 4.86. The average Bonchev–Trinajstić information content (AvgIpc) is 2.72. The maximum atomic E-state index is 13.7. The summed E-state index contributed by atoms with van der Waals surface area (Å²) < 4.78 is 13.7. The third-order valence-electron chi connectivity index (χ3n) is 5.28. The number of carbonyl (C=O) groups excluding carboxylic acids is 2. The molecule has 22 heavy (non-hydrogen) atoms. The van der Waals surface area contributed by atoms with Crippen LogP contribution in [0.3, 0.4) is 0 Å². The zero-order chi connectivity index (χ0) is 15.9. The minimum Gasteiger partial charge on any atom is -0.370 e. The van der Waals surface area contributed by atoms with Crippen LogP contribution in [-0.4, -0.2) is 29.8 Å². The number of hydrogen-bond donors (Lipinski definition) is 1. The van der Waals surface area contributed by atoms with Crippen molar-refractivity contribution in [2.45, 2.75) is 43.9 Å². The second-order valence-electron chi connectivity index (χ2n) is 6.59. The van der Waals surface area contributed by atoms with Gasteiger partial charge in [-0.15, -0.1) is 0 Å². The lowest BCUT2D eigenvalue weighted by Crippen LogP contribution is -2.43. The fourth-order valence-corrected chi connectivity index (χ4v) is 4.18. The monoisotopic (exact) mass is 304 g/mol. The largest absolute Gasteiger partial charge is 0.370 e. The van der Waals surface area contributed by atoms with Crippen molar-refractivity contribution in [3.05, 3.63) is 35.1 Å². The number of benzene rings is 1. The first-order valence-corrected chi connectivity index (χ1v) is 7.75. The Labute approximate surface area is 129 Å². The van der Waals surface area contributed by atoms with Gasteiger partial charge in [0, 0.05) is 26.4 Å². The first-order chi connectivity index (χ1) is 10.4. The molecule has 1 unspecified atom stereocenters. The number of rotatable bonds is 2. The van der Waals surface area contributed by atoms with Crippen molar-refractivity contribution in [1.29, 1.82) is 0 Å². The maximum Gasteiger partial charge on any atom is 0.219 e. The van der Waals surface area contributed by atoms with Gasteiger partial charge in [0.25, 0.3) is 0 Å². The molecule has 0 bridgehead atoms. The summed E-state index contributed by atoms with van der Waals surface area (Å²) in [5, 5.41) is 0. The predicted octanol–water partition coefficient (Wildman–Crippen LogP) is 2.07. The van der Waals surface area contributed by atoms with Crippen LogP contribution in [0.4, 0.5) is 4.39 Å². The van der Waals surface area contributed by atoms with E-state index in [2.05, 4.69) is 0 Å². The number of hydrogen-bond acceptors (Lipinski definition) is 2. The summed E-state index contributed by atoms with van der Waals surface area (Å²) in [5.74, 6) is -0.414. The zero-order valence-electron chi connectivity index (χ0n) is 12.8. The van der Waals surface area contributed by atoms with Crippen molar-refractivity contribution >= 4 is 11.8 Å². The summed E-state index contributed by atoms with van der Waals surface area (Å²) in [7, 11) is 0. The van der Waals surface area contributed by atoms with E-state index in [1.54, 1.807) is 19.1 Å². The summed E-state index contributed by atoms with van der Waals surface area (Å²) in [4.78, 5) is 24.7. The quantitative estimate of drug-likeness (QED) is 0.909. The second-order valence-corrected chi connectivity index (χ2v) is 6.59. The van der Waals surface area contributed by atoms with Crippen molar-refractivity contribution in [3.8, 4) is 0 Å². The van der Waals surface area contributed by atoms with Crippen LogP contribution in [0, 0.1) is 5.82 Å². The number of nitrogens with two attached hydrogens (primary N) is 1. The van der Waals surface area contributed by atoms with Gasteiger partial charge in [-0.3, -0.25) is 9.59 Å². The number of primary amides is 1. The van der Waals surface area contributed by atoms with Crippen LogP contribution in [-0.2, 0) is 15.0 Å². The van der Waals surface area contributed by atoms with E-state index < -0.39 is 0 Å². The second kappa shape index (κ2) is 5.38. The minimum absolute atomic E-state index is 0.0666. The van der Waals surface area contributed by atoms with Crippen molar-refractivity contribution < 1.29 is 14.0 Å². The number of carbonyl (C=O) groups is 2. The van der Waals surface area contributed by atoms with E-state index in [1.807, 2.05) is 4.90 Å². The molecule has 5 heteroatoms. The van der Waals surface area contributed by atoms with E-state index in [0.717, 1.165) is 30.4 Å². The number of nitrogens with zero attached hydrogens (tertiary/aromatic N) is 1. The highest BCUT2D eigenvalue weighted by Gasteiger charge is 2.46. The molecule has 118 valence electrons. The van der Waals surface area contributed by atoms with Gasteiger partial charge in [0.15, 0.2) is 0 Å². The molecule has 0 saturated carbocycles. The van der Waals surface area contributed by atoms with Crippen molar-refractivity contribution in [3.63, 3.8) is 0 Å². The highest BCUT2D eigenvalue weighted by Crippen LogP contribution is 2.52. The standard InChI is InChI=1S/C17H21FN2O2/c1-11(21)20-6-4-17(5-7-20)10-12(8-16(19)22)14-3-2-13(18)9-15(14)17/h2-3,9,12H,4-8,10H2,1H3,(H2,19,22). The first kappa shape index (κ1) is 15.0. The molecule has 0 radical (unpaired) electrons. The molecule has 3 rings (SSSR count). The summed E-state index contributed by atoms with van der Waals surface area (Å²) >= 11 is 0. The molecule has 1 aromatic rings. The van der Waals surface area contributed by atoms with Crippen molar-refractivity contribution in [2.24, 2.45) is 5.73 Å². The van der Waals surface area contributed by atoms with E-state index >= 15 is 0 Å². The van der Waals surface area contributed by atoms with Crippen LogP contribution in [0.15, 0.2) is 18.2 Å². The number of fused-ring (bicyclic) bond motifs is 2. The van der Waals surface area contributed by atoms with E-state index in [-0.39, 0.29) is 29.0 Å². The predicted molar refractivity (Wildman–Crippen MR) is 80.7 cm³/mol. The van der Waals surface area contributed by atoms with E-state index in [9.17, 15) is 14.0 Å². The van der Waals surface area contributed by atoms with Crippen LogP contribution in [0.2, 0.25) is 0 Å². The molecule has 1 saturated heterocycles. The molecular weight excluding hydrogens is 283 g/mol. The van der Waals surface area contributed by atoms with Gasteiger partial charge in [0.05, 0.1) is 0 Å². The van der Waals surface area contributed by atoms with Crippen LogP contribution < -0.4 is 5.73 Å². The third kappa shape index (κ3) is 2.49. The van der Waals surface area contributed by atoms with Crippen LogP contribution in [0.5, 0.6) is 0 Å². The summed E-state index contributed by atoms with van der Waals surface area (Å²) in [6.45, 7) is 2.96. The lowest BCUT2D eigenvalue weighted by Gasteiger charge is -2.40. The Hall–Kier alpha value is -1.91. The number of halogens is 1. The third-order valence-corrected chi connectivity index (χ3v) is 5.28. The molecule has 1 aromatic carbocycles. The summed E-state index contributed by atoms with van der Waals surface area (Å²) in [6.07, 6.45) is 2.76. The SMILES string of the molecule is CC(=O)N1CCC2(CC1)CC(CC(N)=O)c1ccc(F)cc12. The topological polar surface area (TPSA) is 63.4 Å². The lowest BCUT2D eigenvalue weighted by atomic mass is 9.73. The van der Waals surface area contributed by atoms with E-state index in [4.69, 9.17) is 5.73 Å². The maximum absolute atomic E-state index is 13.7. The molecule has 1 aliphatic heterocycles. The first-order valence-electron chi connectivity index (χ1n) is 7.75. The molecule has 4 nitrogen and oxygen atoms in total. The number of piperidine rings is 1. The molecule has 2 aliphatic rings. The highest BCUT2D eigenvalue weighted by molar-refractivity contribution is 5.75. The highest BCUT2D eigenvalue weighted by atomic mass is 19.1. The van der Waals surface area contributed by atoms with Gasteiger partial charge >= 0.3 is 0 Å². The van der Waals surface area contributed by atoms with Gasteiger partial charge in [-0.25, -0.2) is 4.39 Å². The smallest absolute Gasteiger partial charge is 0.219 e. The molecule has 1 aliphatic carbocycles. The Morgan fingerprint density at radius 3 is 2.64 bits per heavy atom. The summed E-state index contributed by atoms with van der Waals surface area (Å²) in [5.41, 5.74) is 7.32. The van der Waals surface area contributed by atoms with Gasteiger partial charge < -0.3 is 10.6 Å². The van der Waals surface area contributed by atoms with Gasteiger partial charge in [-0.05, 0) is 53.9 Å². The number of likely N-dealkylation sites (tertiary alicyclic amines) is 1. The Kier molecular flexibility index (Phi) is 3.67.